The maximum atomic E-state index is 13.1. The number of nitrogens with one attached hydrogen (secondary N) is 1. The smallest absolute Gasteiger partial charge is 0.391 e. The summed E-state index contributed by atoms with van der Waals surface area (Å²) in [5.74, 6) is -0.0304. The summed E-state index contributed by atoms with van der Waals surface area (Å²) < 4.78 is 42.6. The topological polar surface area (TPSA) is 97.9 Å². The van der Waals surface area contributed by atoms with Gasteiger partial charge >= 0.3 is 6.18 Å². The fraction of sp³-hybridized carbons (Fsp3) is 0.500. The van der Waals surface area contributed by atoms with Gasteiger partial charge in [-0.15, -0.1) is 0 Å². The summed E-state index contributed by atoms with van der Waals surface area (Å²) in [5, 5.41) is 17.3. The Hall–Kier alpha value is -3.21. The van der Waals surface area contributed by atoms with E-state index in [1.807, 2.05) is 23.6 Å². The first-order valence-corrected chi connectivity index (χ1v) is 11.9. The van der Waals surface area contributed by atoms with Crippen LogP contribution in [-0.4, -0.2) is 47.6 Å². The van der Waals surface area contributed by atoms with E-state index >= 15 is 0 Å². The van der Waals surface area contributed by atoms with Crippen LogP contribution in [0.5, 0.6) is 0 Å². The highest BCUT2D eigenvalue weighted by Crippen LogP contribution is 2.34. The van der Waals surface area contributed by atoms with E-state index in [2.05, 4.69) is 20.4 Å². The molecule has 2 aromatic heterocycles. The molecule has 186 valence electrons. The Morgan fingerprint density at radius 3 is 2.66 bits per heavy atom. The Morgan fingerprint density at radius 1 is 1.17 bits per heavy atom. The first-order chi connectivity index (χ1) is 16.7. The fourth-order valence-electron chi connectivity index (χ4n) is 4.78. The van der Waals surface area contributed by atoms with Gasteiger partial charge in [0.05, 0.1) is 24.3 Å². The third-order valence-electron chi connectivity index (χ3n) is 6.76. The average Bonchev–Trinajstić information content (AvgIpc) is 3.42. The number of aryl methyl sites for hydroxylation is 3. The van der Waals surface area contributed by atoms with Crippen LogP contribution in [-0.2, 0) is 38.9 Å². The van der Waals surface area contributed by atoms with Crippen molar-refractivity contribution in [3.63, 3.8) is 0 Å². The number of hydrogen-bond donors (Lipinski definition) is 2. The van der Waals surface area contributed by atoms with Crippen molar-refractivity contribution < 1.29 is 23.1 Å². The van der Waals surface area contributed by atoms with Crippen molar-refractivity contribution in [1.82, 2.24) is 29.6 Å². The number of fused-ring (bicyclic) bond motifs is 2. The van der Waals surface area contributed by atoms with E-state index in [-0.39, 0.29) is 25.3 Å². The number of nitrogens with zero attached hydrogens (tertiary/aromatic N) is 5. The minimum Gasteiger partial charge on any atom is -0.391 e. The number of alkyl halides is 3. The van der Waals surface area contributed by atoms with Gasteiger partial charge < -0.3 is 15.0 Å². The molecule has 0 unspecified atom stereocenters. The van der Waals surface area contributed by atoms with Gasteiger partial charge in [0.25, 0.3) is 5.91 Å². The zero-order valence-electron chi connectivity index (χ0n) is 19.3. The Labute approximate surface area is 200 Å². The Balaban J connectivity index is 1.26. The van der Waals surface area contributed by atoms with Crippen LogP contribution < -0.4 is 5.32 Å². The maximum Gasteiger partial charge on any atom is 0.392 e. The second kappa shape index (κ2) is 9.10. The molecule has 5 rings (SSSR count). The number of aromatic nitrogens is 5. The molecule has 0 bridgehead atoms. The number of rotatable bonds is 5. The van der Waals surface area contributed by atoms with E-state index in [0.29, 0.717) is 55.3 Å². The number of hydrogen-bond acceptors (Lipinski definition) is 5. The lowest BCUT2D eigenvalue weighted by atomic mass is 9.98. The van der Waals surface area contributed by atoms with Crippen LogP contribution in [0.3, 0.4) is 0 Å². The Kier molecular flexibility index (Phi) is 6.12. The third kappa shape index (κ3) is 4.69. The number of imidazole rings is 1. The molecule has 0 radical (unpaired) electrons. The monoisotopic (exact) mass is 488 g/mol. The molecule has 11 heteroatoms. The van der Waals surface area contributed by atoms with Gasteiger partial charge in [0.15, 0.2) is 5.82 Å². The fourth-order valence-corrected chi connectivity index (χ4v) is 4.78. The lowest BCUT2D eigenvalue weighted by Gasteiger charge is -2.24. The lowest BCUT2D eigenvalue weighted by Crippen LogP contribution is -2.31. The van der Waals surface area contributed by atoms with Crippen LogP contribution in [0.25, 0.3) is 11.4 Å². The molecule has 2 atom stereocenters. The van der Waals surface area contributed by atoms with Crippen LogP contribution in [0.4, 0.5) is 13.2 Å². The molecular formula is C24H27F3N6O2. The van der Waals surface area contributed by atoms with E-state index in [9.17, 15) is 23.1 Å². The van der Waals surface area contributed by atoms with Gasteiger partial charge in [0.1, 0.15) is 17.3 Å². The van der Waals surface area contributed by atoms with Gasteiger partial charge in [-0.05, 0) is 24.8 Å². The predicted octanol–water partition coefficient (Wildman–Crippen LogP) is 3.07. The molecule has 1 amide bonds. The van der Waals surface area contributed by atoms with Gasteiger partial charge in [0, 0.05) is 31.5 Å². The molecule has 3 aromatic rings. The minimum absolute atomic E-state index is 0.0110. The molecule has 35 heavy (non-hydrogen) atoms. The van der Waals surface area contributed by atoms with Crippen molar-refractivity contribution in [2.45, 2.75) is 70.9 Å². The zero-order chi connectivity index (χ0) is 24.7. The van der Waals surface area contributed by atoms with E-state index in [1.54, 1.807) is 16.8 Å². The molecule has 0 saturated heterocycles. The largest absolute Gasteiger partial charge is 0.392 e. The SMILES string of the molecule is CCc1nc2n(c1C(=O)NCc1ccc(-c3nc4n(n3)CC[C@H](C(F)(F)F)C4)cc1)C[C@H](O)CC2. The van der Waals surface area contributed by atoms with Crippen molar-refractivity contribution in [2.24, 2.45) is 5.92 Å². The molecular weight excluding hydrogens is 461 g/mol. The molecule has 2 aliphatic rings. The van der Waals surface area contributed by atoms with Crippen molar-refractivity contribution in [1.29, 1.82) is 0 Å². The van der Waals surface area contributed by atoms with E-state index in [0.717, 1.165) is 17.1 Å². The van der Waals surface area contributed by atoms with E-state index in [1.165, 1.54) is 0 Å². The summed E-state index contributed by atoms with van der Waals surface area (Å²) in [6, 6.07) is 7.28. The highest BCUT2D eigenvalue weighted by atomic mass is 19.4. The van der Waals surface area contributed by atoms with Crippen LogP contribution >= 0.6 is 0 Å². The number of halogens is 3. The number of carbonyl (C=O) groups excluding carboxylic acids is 1. The van der Waals surface area contributed by atoms with Gasteiger partial charge in [0.2, 0.25) is 0 Å². The number of amides is 1. The second-order valence-corrected chi connectivity index (χ2v) is 9.17. The summed E-state index contributed by atoms with van der Waals surface area (Å²) in [5.41, 5.74) is 2.80. The molecule has 8 nitrogen and oxygen atoms in total. The summed E-state index contributed by atoms with van der Waals surface area (Å²) in [7, 11) is 0. The van der Waals surface area contributed by atoms with Crippen LogP contribution in [0.15, 0.2) is 24.3 Å². The van der Waals surface area contributed by atoms with Gasteiger partial charge in [-0.25, -0.2) is 14.6 Å². The normalized spacial score (nSPS) is 19.8. The highest BCUT2D eigenvalue weighted by Gasteiger charge is 2.42. The summed E-state index contributed by atoms with van der Waals surface area (Å²) in [6.45, 7) is 2.81. The van der Waals surface area contributed by atoms with E-state index < -0.39 is 18.2 Å². The van der Waals surface area contributed by atoms with Crippen molar-refractivity contribution in [2.75, 3.05) is 0 Å². The maximum absolute atomic E-state index is 13.1. The third-order valence-corrected chi connectivity index (χ3v) is 6.76. The molecule has 0 saturated carbocycles. The summed E-state index contributed by atoms with van der Waals surface area (Å²) in [6.07, 6.45) is -2.94. The highest BCUT2D eigenvalue weighted by molar-refractivity contribution is 5.94. The first kappa shape index (κ1) is 23.5. The molecule has 1 aromatic carbocycles. The second-order valence-electron chi connectivity index (χ2n) is 9.17. The molecule has 0 aliphatic carbocycles. The van der Waals surface area contributed by atoms with Crippen molar-refractivity contribution in [3.8, 4) is 11.4 Å². The van der Waals surface area contributed by atoms with Crippen molar-refractivity contribution in [3.05, 3.63) is 52.9 Å². The Morgan fingerprint density at radius 2 is 1.94 bits per heavy atom. The standard InChI is InChI=1S/C24H27F3N6O2/c1-2-18-21(32-13-17(34)7-8-19(32)29-18)23(35)28-12-14-3-5-15(6-4-14)22-30-20-11-16(24(25,26)27)9-10-33(20)31-22/h3-6,16-17,34H,2,7-13H2,1H3,(H,28,35)/t16-,17+/m0/s1. The molecule has 0 spiro atoms. The quantitative estimate of drug-likeness (QED) is 0.575. The number of carbonyl (C=O) groups is 1. The number of aliphatic hydroxyl groups is 1. The van der Waals surface area contributed by atoms with Gasteiger partial charge in [-0.1, -0.05) is 31.2 Å². The molecule has 4 heterocycles. The van der Waals surface area contributed by atoms with Crippen molar-refractivity contribution >= 4 is 5.91 Å². The van der Waals surface area contributed by atoms with Crippen LogP contribution in [0.2, 0.25) is 0 Å². The van der Waals surface area contributed by atoms with Gasteiger partial charge in [-0.2, -0.15) is 18.3 Å². The number of benzene rings is 1. The number of aliphatic hydroxyl groups excluding tert-OH is 1. The average molecular weight is 489 g/mol. The predicted molar refractivity (Wildman–Crippen MR) is 120 cm³/mol. The summed E-state index contributed by atoms with van der Waals surface area (Å²) >= 11 is 0. The molecule has 2 aliphatic heterocycles. The van der Waals surface area contributed by atoms with Gasteiger partial charge in [-0.3, -0.25) is 4.79 Å². The zero-order valence-corrected chi connectivity index (χ0v) is 19.3. The summed E-state index contributed by atoms with van der Waals surface area (Å²) in [4.78, 5) is 21.9. The van der Waals surface area contributed by atoms with Crippen LogP contribution in [0, 0.1) is 5.92 Å². The molecule has 0 fully saturated rings. The first-order valence-electron chi connectivity index (χ1n) is 11.9. The lowest BCUT2D eigenvalue weighted by molar-refractivity contribution is -0.179. The van der Waals surface area contributed by atoms with E-state index in [4.69, 9.17) is 0 Å². The minimum atomic E-state index is -4.22. The molecule has 2 N–H and O–H groups in total. The van der Waals surface area contributed by atoms with Crippen LogP contribution in [0.1, 0.15) is 53.2 Å². The Bertz CT molecular complexity index is 1230.